The molecule has 4 aromatic rings. The summed E-state index contributed by atoms with van der Waals surface area (Å²) in [6.45, 7) is 1.94. The Balaban J connectivity index is 1.63. The predicted octanol–water partition coefficient (Wildman–Crippen LogP) is 3.51. The molecular formula is C19H15FN4O2S. The largest absolute Gasteiger partial charge is 0.423 e. The summed E-state index contributed by atoms with van der Waals surface area (Å²) in [7, 11) is 0. The Labute approximate surface area is 157 Å². The third kappa shape index (κ3) is 3.43. The lowest BCUT2D eigenvalue weighted by Gasteiger charge is -2.06. The van der Waals surface area contributed by atoms with Crippen molar-refractivity contribution in [1.82, 2.24) is 14.9 Å². The van der Waals surface area contributed by atoms with Crippen molar-refractivity contribution in [2.24, 2.45) is 0 Å². The molecule has 0 saturated heterocycles. The van der Waals surface area contributed by atoms with Crippen LogP contribution >= 0.6 is 11.8 Å². The molecule has 2 aromatic heterocycles. The number of aromatic nitrogens is 3. The van der Waals surface area contributed by atoms with Gasteiger partial charge in [-0.2, -0.15) is 0 Å². The number of hydrogen-bond acceptors (Lipinski definition) is 6. The van der Waals surface area contributed by atoms with Crippen molar-refractivity contribution in [3.63, 3.8) is 0 Å². The second-order valence-electron chi connectivity index (χ2n) is 6.07. The summed E-state index contributed by atoms with van der Waals surface area (Å²) >= 11 is 1.34. The molecule has 8 heteroatoms. The molecule has 0 aliphatic carbocycles. The molecule has 136 valence electrons. The fourth-order valence-electron chi connectivity index (χ4n) is 2.80. The van der Waals surface area contributed by atoms with E-state index in [2.05, 4.69) is 10.2 Å². The van der Waals surface area contributed by atoms with Crippen LogP contribution in [0, 0.1) is 12.7 Å². The molecule has 0 bridgehead atoms. The number of aryl methyl sites for hydroxylation is 1. The molecule has 2 heterocycles. The summed E-state index contributed by atoms with van der Waals surface area (Å²) in [5.41, 5.74) is 2.52. The Bertz CT molecular complexity index is 1200. The fraction of sp³-hybridized carbons (Fsp3) is 0.105. The standard InChI is InChI=1S/C19H15FN4O2S/c1-11-5-6-15-13(9-17(25)26-16(15)7-11)10-27-19-23-22-18(24(19)21)12-3-2-4-14(20)8-12/h2-9H,10,21H2,1H3. The fourth-order valence-corrected chi connectivity index (χ4v) is 3.65. The summed E-state index contributed by atoms with van der Waals surface area (Å²) < 4.78 is 20.0. The first-order valence-electron chi connectivity index (χ1n) is 8.14. The Hall–Kier alpha value is -3.13. The van der Waals surface area contributed by atoms with E-state index in [-0.39, 0.29) is 5.82 Å². The van der Waals surface area contributed by atoms with Gasteiger partial charge in [0.2, 0.25) is 5.16 Å². The van der Waals surface area contributed by atoms with Gasteiger partial charge >= 0.3 is 5.63 Å². The van der Waals surface area contributed by atoms with Gasteiger partial charge in [-0.05, 0) is 36.2 Å². The number of rotatable bonds is 4. The quantitative estimate of drug-likeness (QED) is 0.330. The highest BCUT2D eigenvalue weighted by molar-refractivity contribution is 7.98. The molecule has 2 aromatic carbocycles. The second-order valence-corrected chi connectivity index (χ2v) is 7.01. The first-order chi connectivity index (χ1) is 13.0. The number of fused-ring (bicyclic) bond motifs is 1. The van der Waals surface area contributed by atoms with E-state index in [1.165, 1.54) is 34.6 Å². The maximum Gasteiger partial charge on any atom is 0.336 e. The van der Waals surface area contributed by atoms with E-state index >= 15 is 0 Å². The van der Waals surface area contributed by atoms with Crippen LogP contribution in [0.2, 0.25) is 0 Å². The van der Waals surface area contributed by atoms with Gasteiger partial charge < -0.3 is 10.3 Å². The zero-order chi connectivity index (χ0) is 19.0. The van der Waals surface area contributed by atoms with Crippen molar-refractivity contribution in [3.8, 4) is 11.4 Å². The summed E-state index contributed by atoms with van der Waals surface area (Å²) in [6.07, 6.45) is 0. The van der Waals surface area contributed by atoms with Crippen LogP contribution in [-0.2, 0) is 5.75 Å². The van der Waals surface area contributed by atoms with Gasteiger partial charge in [-0.15, -0.1) is 10.2 Å². The summed E-state index contributed by atoms with van der Waals surface area (Å²) in [6, 6.07) is 13.2. The minimum Gasteiger partial charge on any atom is -0.423 e. The normalized spacial score (nSPS) is 11.2. The maximum atomic E-state index is 13.4. The molecule has 0 aliphatic heterocycles. The van der Waals surface area contributed by atoms with Crippen LogP contribution < -0.4 is 11.5 Å². The van der Waals surface area contributed by atoms with Gasteiger partial charge in [-0.1, -0.05) is 36.0 Å². The van der Waals surface area contributed by atoms with Crippen LogP contribution in [0.3, 0.4) is 0 Å². The van der Waals surface area contributed by atoms with E-state index in [0.717, 1.165) is 16.5 Å². The first kappa shape index (κ1) is 17.3. The van der Waals surface area contributed by atoms with Gasteiger partial charge in [0.25, 0.3) is 0 Å². The van der Waals surface area contributed by atoms with Crippen molar-refractivity contribution in [2.75, 3.05) is 5.84 Å². The summed E-state index contributed by atoms with van der Waals surface area (Å²) in [5.74, 6) is 6.54. The number of nitrogens with two attached hydrogens (primary N) is 1. The molecule has 0 radical (unpaired) electrons. The van der Waals surface area contributed by atoms with Crippen molar-refractivity contribution < 1.29 is 8.81 Å². The van der Waals surface area contributed by atoms with Crippen LogP contribution in [-0.4, -0.2) is 14.9 Å². The Morgan fingerprint density at radius 1 is 1.19 bits per heavy atom. The summed E-state index contributed by atoms with van der Waals surface area (Å²) in [5, 5.41) is 9.45. The zero-order valence-corrected chi connectivity index (χ0v) is 15.2. The Morgan fingerprint density at radius 2 is 2.04 bits per heavy atom. The lowest BCUT2D eigenvalue weighted by Crippen LogP contribution is -2.11. The molecule has 4 rings (SSSR count). The third-order valence-electron chi connectivity index (χ3n) is 4.09. The monoisotopic (exact) mass is 382 g/mol. The van der Waals surface area contributed by atoms with Crippen LogP contribution in [0.5, 0.6) is 0 Å². The highest BCUT2D eigenvalue weighted by Crippen LogP contribution is 2.27. The highest BCUT2D eigenvalue weighted by atomic mass is 32.2. The molecule has 0 unspecified atom stereocenters. The number of nitrogens with zero attached hydrogens (tertiary/aromatic N) is 3. The van der Waals surface area contributed by atoms with Crippen molar-refractivity contribution in [1.29, 1.82) is 0 Å². The molecular weight excluding hydrogens is 367 g/mol. The number of nitrogen functional groups attached to an aromatic ring is 1. The second kappa shape index (κ2) is 6.88. The molecule has 0 saturated carbocycles. The van der Waals surface area contributed by atoms with E-state index in [1.54, 1.807) is 12.1 Å². The summed E-state index contributed by atoms with van der Waals surface area (Å²) in [4.78, 5) is 11.8. The molecule has 0 atom stereocenters. The van der Waals surface area contributed by atoms with Gasteiger partial charge in [0.1, 0.15) is 11.4 Å². The lowest BCUT2D eigenvalue weighted by molar-refractivity contribution is 0.559. The zero-order valence-electron chi connectivity index (χ0n) is 14.3. The number of thioether (sulfide) groups is 1. The molecule has 0 amide bonds. The Kier molecular flexibility index (Phi) is 4.41. The van der Waals surface area contributed by atoms with Crippen LogP contribution in [0.4, 0.5) is 4.39 Å². The van der Waals surface area contributed by atoms with Crippen LogP contribution in [0.25, 0.3) is 22.4 Å². The van der Waals surface area contributed by atoms with Crippen LogP contribution in [0.15, 0.2) is 62.9 Å². The average molecular weight is 382 g/mol. The molecule has 0 aliphatic rings. The number of benzene rings is 2. The lowest BCUT2D eigenvalue weighted by atomic mass is 10.1. The van der Waals surface area contributed by atoms with Gasteiger partial charge in [0, 0.05) is 22.8 Å². The van der Waals surface area contributed by atoms with E-state index in [1.807, 2.05) is 25.1 Å². The first-order valence-corrected chi connectivity index (χ1v) is 9.12. The molecule has 27 heavy (non-hydrogen) atoms. The van der Waals surface area contributed by atoms with Gasteiger partial charge in [-0.3, -0.25) is 0 Å². The van der Waals surface area contributed by atoms with Gasteiger partial charge in [0.05, 0.1) is 0 Å². The van der Waals surface area contributed by atoms with E-state index in [9.17, 15) is 9.18 Å². The van der Waals surface area contributed by atoms with Gasteiger partial charge in [-0.25, -0.2) is 13.9 Å². The smallest absolute Gasteiger partial charge is 0.336 e. The average Bonchev–Trinajstić information content (AvgIpc) is 2.99. The molecule has 6 nitrogen and oxygen atoms in total. The van der Waals surface area contributed by atoms with Crippen molar-refractivity contribution in [2.45, 2.75) is 17.8 Å². The third-order valence-corrected chi connectivity index (χ3v) is 5.08. The SMILES string of the molecule is Cc1ccc2c(CSc3nnc(-c4cccc(F)c4)n3N)cc(=O)oc2c1. The number of halogens is 1. The maximum absolute atomic E-state index is 13.4. The van der Waals surface area contributed by atoms with Crippen molar-refractivity contribution >= 4 is 22.7 Å². The minimum absolute atomic E-state index is 0.366. The predicted molar refractivity (Wildman–Crippen MR) is 102 cm³/mol. The molecule has 2 N–H and O–H groups in total. The highest BCUT2D eigenvalue weighted by Gasteiger charge is 2.14. The van der Waals surface area contributed by atoms with Gasteiger partial charge in [0.15, 0.2) is 5.82 Å². The molecule has 0 fully saturated rings. The molecule has 0 spiro atoms. The minimum atomic E-state index is -0.404. The van der Waals surface area contributed by atoms with E-state index in [0.29, 0.717) is 27.9 Å². The van der Waals surface area contributed by atoms with E-state index < -0.39 is 5.63 Å². The van der Waals surface area contributed by atoms with E-state index in [4.69, 9.17) is 10.3 Å². The topological polar surface area (TPSA) is 86.9 Å². The number of hydrogen-bond donors (Lipinski definition) is 1. The van der Waals surface area contributed by atoms with Crippen LogP contribution in [0.1, 0.15) is 11.1 Å². The Morgan fingerprint density at radius 3 is 2.85 bits per heavy atom. The van der Waals surface area contributed by atoms with Crippen molar-refractivity contribution in [3.05, 3.63) is 75.9 Å².